The van der Waals surface area contributed by atoms with Crippen LogP contribution < -0.4 is 10.6 Å². The first-order valence-corrected chi connectivity index (χ1v) is 7.13. The molecule has 2 rings (SSSR count). The van der Waals surface area contributed by atoms with Gasteiger partial charge in [-0.3, -0.25) is 9.59 Å². The summed E-state index contributed by atoms with van der Waals surface area (Å²) in [4.78, 5) is 24.1. The third kappa shape index (κ3) is 3.26. The Balaban J connectivity index is 1.92. The van der Waals surface area contributed by atoms with Crippen molar-refractivity contribution < 1.29 is 9.59 Å². The number of hydrogen-bond donors (Lipinski definition) is 2. The van der Waals surface area contributed by atoms with E-state index < -0.39 is 0 Å². The van der Waals surface area contributed by atoms with E-state index >= 15 is 0 Å². The summed E-state index contributed by atoms with van der Waals surface area (Å²) < 4.78 is 0. The van der Waals surface area contributed by atoms with Gasteiger partial charge < -0.3 is 10.6 Å². The molecule has 1 aromatic carbocycles. The van der Waals surface area contributed by atoms with Gasteiger partial charge in [0.25, 0.3) is 0 Å². The second kappa shape index (κ2) is 5.91. The van der Waals surface area contributed by atoms with Gasteiger partial charge in [-0.05, 0) is 36.9 Å². The van der Waals surface area contributed by atoms with Crippen LogP contribution >= 0.6 is 11.8 Å². The van der Waals surface area contributed by atoms with E-state index in [1.54, 1.807) is 11.8 Å². The van der Waals surface area contributed by atoms with Crippen LogP contribution in [0.5, 0.6) is 0 Å². The van der Waals surface area contributed by atoms with Gasteiger partial charge >= 0.3 is 0 Å². The van der Waals surface area contributed by atoms with Crippen LogP contribution in [0.25, 0.3) is 0 Å². The number of rotatable bonds is 3. The summed E-state index contributed by atoms with van der Waals surface area (Å²) in [5.41, 5.74) is 0.801. The predicted molar refractivity (Wildman–Crippen MR) is 72.6 cm³/mol. The number of anilines is 1. The maximum absolute atomic E-state index is 12.0. The van der Waals surface area contributed by atoms with E-state index in [1.165, 1.54) is 0 Å². The van der Waals surface area contributed by atoms with E-state index in [2.05, 4.69) is 10.6 Å². The number of benzene rings is 1. The monoisotopic (exact) mass is 264 g/mol. The molecule has 1 fully saturated rings. The lowest BCUT2D eigenvalue weighted by atomic mass is 9.98. The van der Waals surface area contributed by atoms with Crippen molar-refractivity contribution in [2.24, 2.45) is 5.92 Å². The number of hydrogen-bond acceptors (Lipinski definition) is 3. The zero-order valence-electron chi connectivity index (χ0n) is 10.2. The molecule has 1 atom stereocenters. The average Bonchev–Trinajstić information content (AvgIpc) is 2.40. The quantitative estimate of drug-likeness (QED) is 0.819. The highest BCUT2D eigenvalue weighted by Gasteiger charge is 2.24. The fraction of sp³-hybridized carbons (Fsp3) is 0.385. The normalized spacial score (nSPS) is 19.2. The number of thioether (sulfide) groups is 1. The molecule has 1 aromatic rings. The maximum Gasteiger partial charge on any atom is 0.229 e. The highest BCUT2D eigenvalue weighted by atomic mass is 32.2. The van der Waals surface area contributed by atoms with E-state index in [9.17, 15) is 9.59 Å². The fourth-order valence-corrected chi connectivity index (χ4v) is 2.28. The van der Waals surface area contributed by atoms with E-state index in [-0.39, 0.29) is 17.7 Å². The third-order valence-electron chi connectivity index (χ3n) is 2.99. The summed E-state index contributed by atoms with van der Waals surface area (Å²) in [6.45, 7) is 0.438. The van der Waals surface area contributed by atoms with Crippen LogP contribution in [0.15, 0.2) is 29.2 Å². The van der Waals surface area contributed by atoms with E-state index in [0.29, 0.717) is 19.4 Å². The molecule has 18 heavy (non-hydrogen) atoms. The molecule has 0 bridgehead atoms. The Labute approximate surface area is 111 Å². The Morgan fingerprint density at radius 2 is 2.11 bits per heavy atom. The molecule has 5 heteroatoms. The number of carbonyl (C=O) groups is 2. The molecule has 1 aliphatic heterocycles. The van der Waals surface area contributed by atoms with Crippen molar-refractivity contribution in [1.82, 2.24) is 5.32 Å². The van der Waals surface area contributed by atoms with Gasteiger partial charge in [0.1, 0.15) is 0 Å². The van der Waals surface area contributed by atoms with Crippen LogP contribution in [0, 0.1) is 5.92 Å². The molecule has 0 aliphatic carbocycles. The van der Waals surface area contributed by atoms with E-state index in [4.69, 9.17) is 0 Å². The minimum atomic E-state index is -0.122. The van der Waals surface area contributed by atoms with Gasteiger partial charge in [0.2, 0.25) is 11.8 Å². The second-order valence-electron chi connectivity index (χ2n) is 4.26. The van der Waals surface area contributed by atoms with Gasteiger partial charge in [-0.15, -0.1) is 11.8 Å². The van der Waals surface area contributed by atoms with Gasteiger partial charge in [-0.1, -0.05) is 0 Å². The lowest BCUT2D eigenvalue weighted by molar-refractivity contribution is -0.126. The lowest BCUT2D eigenvalue weighted by Crippen LogP contribution is -2.40. The standard InChI is InChI=1S/C13H16N2O2S/c1-18-11-5-3-10(4-6-11)15-13(17)9-2-7-12(16)14-8-9/h3-6,9H,2,7-8H2,1H3,(H,14,16)(H,15,17). The largest absolute Gasteiger partial charge is 0.355 e. The maximum atomic E-state index is 12.0. The highest BCUT2D eigenvalue weighted by molar-refractivity contribution is 7.98. The van der Waals surface area contributed by atoms with Crippen molar-refractivity contribution in [3.8, 4) is 0 Å². The van der Waals surface area contributed by atoms with Crippen LogP contribution in [0.2, 0.25) is 0 Å². The SMILES string of the molecule is CSc1ccc(NC(=O)C2CCC(=O)NC2)cc1. The van der Waals surface area contributed by atoms with Crippen molar-refractivity contribution in [2.75, 3.05) is 18.1 Å². The topological polar surface area (TPSA) is 58.2 Å². The molecular formula is C13H16N2O2S. The molecule has 0 aromatic heterocycles. The molecule has 1 aliphatic rings. The molecule has 4 nitrogen and oxygen atoms in total. The molecule has 96 valence electrons. The van der Waals surface area contributed by atoms with Gasteiger partial charge in [0.15, 0.2) is 0 Å². The summed E-state index contributed by atoms with van der Waals surface area (Å²) in [6, 6.07) is 7.74. The van der Waals surface area contributed by atoms with Gasteiger partial charge in [0.05, 0.1) is 5.92 Å². The van der Waals surface area contributed by atoms with Crippen molar-refractivity contribution in [2.45, 2.75) is 17.7 Å². The first-order chi connectivity index (χ1) is 8.69. The van der Waals surface area contributed by atoms with E-state index in [0.717, 1.165) is 10.6 Å². The number of piperidine rings is 1. The molecule has 2 amide bonds. The Bertz CT molecular complexity index is 435. The molecule has 0 spiro atoms. The molecule has 1 heterocycles. The Morgan fingerprint density at radius 3 is 2.67 bits per heavy atom. The van der Waals surface area contributed by atoms with E-state index in [1.807, 2.05) is 30.5 Å². The summed E-state index contributed by atoms with van der Waals surface area (Å²) in [5.74, 6) is -0.113. The minimum absolute atomic E-state index is 0.0214. The number of carbonyl (C=O) groups excluding carboxylic acids is 2. The Kier molecular flexibility index (Phi) is 4.25. The van der Waals surface area contributed by atoms with Gasteiger partial charge in [-0.2, -0.15) is 0 Å². The van der Waals surface area contributed by atoms with Crippen molar-refractivity contribution in [1.29, 1.82) is 0 Å². The number of nitrogens with one attached hydrogen (secondary N) is 2. The Morgan fingerprint density at radius 1 is 1.39 bits per heavy atom. The lowest BCUT2D eigenvalue weighted by Gasteiger charge is -2.21. The predicted octanol–water partition coefficient (Wildman–Crippen LogP) is 1.87. The zero-order valence-corrected chi connectivity index (χ0v) is 11.0. The van der Waals surface area contributed by atoms with Crippen molar-refractivity contribution in [3.05, 3.63) is 24.3 Å². The van der Waals surface area contributed by atoms with Crippen molar-refractivity contribution in [3.63, 3.8) is 0 Å². The summed E-state index contributed by atoms with van der Waals surface area (Å²) in [7, 11) is 0. The van der Waals surface area contributed by atoms with Gasteiger partial charge in [0, 0.05) is 23.5 Å². The second-order valence-corrected chi connectivity index (χ2v) is 5.14. The number of amides is 2. The minimum Gasteiger partial charge on any atom is -0.355 e. The van der Waals surface area contributed by atoms with Crippen LogP contribution in [0.4, 0.5) is 5.69 Å². The molecule has 0 saturated carbocycles. The van der Waals surface area contributed by atoms with Crippen LogP contribution in [-0.2, 0) is 9.59 Å². The highest BCUT2D eigenvalue weighted by Crippen LogP contribution is 2.19. The molecule has 1 saturated heterocycles. The molecule has 0 radical (unpaired) electrons. The molecule has 2 N–H and O–H groups in total. The van der Waals surface area contributed by atoms with Crippen LogP contribution in [-0.4, -0.2) is 24.6 Å². The fourth-order valence-electron chi connectivity index (χ4n) is 1.88. The van der Waals surface area contributed by atoms with Crippen LogP contribution in [0.1, 0.15) is 12.8 Å². The zero-order chi connectivity index (χ0) is 13.0. The summed E-state index contributed by atoms with van der Waals surface area (Å²) in [6.07, 6.45) is 3.07. The molecule has 1 unspecified atom stereocenters. The summed E-state index contributed by atoms with van der Waals surface area (Å²) >= 11 is 1.66. The summed E-state index contributed by atoms with van der Waals surface area (Å²) in [5, 5.41) is 5.59. The first-order valence-electron chi connectivity index (χ1n) is 5.90. The van der Waals surface area contributed by atoms with Crippen molar-refractivity contribution >= 4 is 29.3 Å². The van der Waals surface area contributed by atoms with Crippen LogP contribution in [0.3, 0.4) is 0 Å². The molecular weight excluding hydrogens is 248 g/mol. The first kappa shape index (κ1) is 13.0. The smallest absolute Gasteiger partial charge is 0.229 e. The Hall–Kier alpha value is -1.49. The average molecular weight is 264 g/mol. The van der Waals surface area contributed by atoms with Gasteiger partial charge in [-0.25, -0.2) is 0 Å². The third-order valence-corrected chi connectivity index (χ3v) is 3.74.